The molecule has 3 heteroatoms. The van der Waals surface area contributed by atoms with Crippen molar-refractivity contribution in [3.8, 4) is 0 Å². The molecule has 1 unspecified atom stereocenters. The second-order valence-corrected chi connectivity index (χ2v) is 4.44. The first-order chi connectivity index (χ1) is 7.33. The molecule has 0 amide bonds. The molecular weight excluding hydrogens is 190 g/mol. The third-order valence-corrected chi connectivity index (χ3v) is 2.98. The lowest BCUT2D eigenvalue weighted by molar-refractivity contribution is -0.0174. The molecule has 1 atom stereocenters. The van der Waals surface area contributed by atoms with Gasteiger partial charge in [0, 0.05) is 13.1 Å². The molecule has 1 saturated heterocycles. The van der Waals surface area contributed by atoms with E-state index >= 15 is 0 Å². The van der Waals surface area contributed by atoms with Crippen LogP contribution in [-0.2, 0) is 4.74 Å². The van der Waals surface area contributed by atoms with Gasteiger partial charge in [-0.1, -0.05) is 45.4 Å². The van der Waals surface area contributed by atoms with E-state index in [0.29, 0.717) is 19.7 Å². The lowest BCUT2D eigenvalue weighted by Gasteiger charge is -2.37. The second-order valence-electron chi connectivity index (χ2n) is 4.44. The number of rotatable bonds is 7. The largest absolute Gasteiger partial charge is 0.785 e. The summed E-state index contributed by atoms with van der Waals surface area (Å²) in [6.45, 7) is 3.98. The molecule has 0 saturated carbocycles. The summed E-state index contributed by atoms with van der Waals surface area (Å²) in [5, 5.41) is 12.2. The van der Waals surface area contributed by atoms with Gasteiger partial charge in [0.05, 0.1) is 12.7 Å². The van der Waals surface area contributed by atoms with Gasteiger partial charge >= 0.3 is 0 Å². The highest BCUT2D eigenvalue weighted by atomic mass is 16.5. The van der Waals surface area contributed by atoms with Crippen LogP contribution < -0.4 is 0 Å². The Bertz CT molecular complexity index is 153. The number of hydroxylamine groups is 2. The lowest BCUT2D eigenvalue weighted by Crippen LogP contribution is -2.38. The molecule has 0 aromatic rings. The molecule has 0 spiro atoms. The van der Waals surface area contributed by atoms with Crippen LogP contribution in [0.5, 0.6) is 0 Å². The minimum Gasteiger partial charge on any atom is -0.785 e. The Hall–Kier alpha value is -0.120. The number of nitrogens with zero attached hydrogens (tertiary/aromatic N) is 1. The highest BCUT2D eigenvalue weighted by molar-refractivity contribution is 4.71. The minimum atomic E-state index is 0.197. The van der Waals surface area contributed by atoms with E-state index < -0.39 is 0 Å². The fourth-order valence-corrected chi connectivity index (χ4v) is 2.02. The molecule has 1 aliphatic heterocycles. The molecule has 0 bridgehead atoms. The quantitative estimate of drug-likeness (QED) is 0.611. The zero-order chi connectivity index (χ0) is 10.9. The summed E-state index contributed by atoms with van der Waals surface area (Å²) in [4.78, 5) is 0. The molecule has 0 aliphatic carbocycles. The second kappa shape index (κ2) is 8.08. The van der Waals surface area contributed by atoms with Crippen molar-refractivity contribution in [3.05, 3.63) is 5.21 Å². The molecule has 15 heavy (non-hydrogen) atoms. The van der Waals surface area contributed by atoms with Crippen molar-refractivity contribution in [1.29, 1.82) is 0 Å². The summed E-state index contributed by atoms with van der Waals surface area (Å²) in [5.74, 6) is 0. The van der Waals surface area contributed by atoms with Gasteiger partial charge < -0.3 is 15.0 Å². The summed E-state index contributed by atoms with van der Waals surface area (Å²) < 4.78 is 5.53. The smallest absolute Gasteiger partial charge is 0.0693 e. The Labute approximate surface area is 93.4 Å². The summed E-state index contributed by atoms with van der Waals surface area (Å²) in [6, 6.07) is 0. The van der Waals surface area contributed by atoms with E-state index in [1.807, 2.05) is 0 Å². The topological polar surface area (TPSA) is 35.5 Å². The van der Waals surface area contributed by atoms with Gasteiger partial charge in [-0.2, -0.15) is 0 Å². The van der Waals surface area contributed by atoms with E-state index in [0.717, 1.165) is 11.5 Å². The summed E-state index contributed by atoms with van der Waals surface area (Å²) >= 11 is 0. The van der Waals surface area contributed by atoms with Crippen LogP contribution in [0.2, 0.25) is 0 Å². The first kappa shape index (κ1) is 12.9. The van der Waals surface area contributed by atoms with E-state index in [4.69, 9.17) is 4.74 Å². The Morgan fingerprint density at radius 3 is 2.67 bits per heavy atom. The Kier molecular flexibility index (Phi) is 6.98. The zero-order valence-electron chi connectivity index (χ0n) is 9.91. The van der Waals surface area contributed by atoms with Crippen molar-refractivity contribution >= 4 is 0 Å². The van der Waals surface area contributed by atoms with Crippen LogP contribution in [0.1, 0.15) is 51.9 Å². The number of unbranched alkanes of at least 4 members (excludes halogenated alkanes) is 5. The minimum absolute atomic E-state index is 0.197. The molecule has 0 aromatic carbocycles. The Balaban J connectivity index is 1.90. The molecule has 3 nitrogen and oxygen atoms in total. The number of morpholine rings is 1. The molecule has 1 aliphatic rings. The maximum Gasteiger partial charge on any atom is 0.0693 e. The average Bonchev–Trinajstić information content (AvgIpc) is 2.23. The highest BCUT2D eigenvalue weighted by Gasteiger charge is 2.13. The number of hydrogen-bond acceptors (Lipinski definition) is 3. The van der Waals surface area contributed by atoms with Crippen LogP contribution in [0.15, 0.2) is 0 Å². The maximum absolute atomic E-state index is 11.1. The van der Waals surface area contributed by atoms with Gasteiger partial charge in [-0.05, 0) is 6.42 Å². The zero-order valence-corrected chi connectivity index (χ0v) is 9.91. The van der Waals surface area contributed by atoms with E-state index in [9.17, 15) is 5.21 Å². The van der Waals surface area contributed by atoms with Crippen LogP contribution in [0, 0.1) is 5.21 Å². The van der Waals surface area contributed by atoms with Gasteiger partial charge in [-0.25, -0.2) is 0 Å². The summed E-state index contributed by atoms with van der Waals surface area (Å²) in [7, 11) is 0. The standard InChI is InChI=1S/C12H24NO2/c1-2-3-4-5-6-7-8-12-11-13(14)9-10-15-12/h12H,2-11H2,1H3/q-1. The molecule has 1 rings (SSSR count). The maximum atomic E-state index is 11.1. The fourth-order valence-electron chi connectivity index (χ4n) is 2.02. The van der Waals surface area contributed by atoms with Crippen LogP contribution >= 0.6 is 0 Å². The molecular formula is C12H24NO2-. The summed E-state index contributed by atoms with van der Waals surface area (Å²) in [6.07, 6.45) is 9.11. The predicted octanol–water partition coefficient (Wildman–Crippen LogP) is 2.94. The van der Waals surface area contributed by atoms with Gasteiger partial charge in [-0.3, -0.25) is 0 Å². The van der Waals surface area contributed by atoms with Crippen molar-refractivity contribution in [1.82, 2.24) is 5.06 Å². The van der Waals surface area contributed by atoms with E-state index in [2.05, 4.69) is 6.92 Å². The summed E-state index contributed by atoms with van der Waals surface area (Å²) in [5.41, 5.74) is 0. The van der Waals surface area contributed by atoms with Crippen molar-refractivity contribution in [3.63, 3.8) is 0 Å². The van der Waals surface area contributed by atoms with Gasteiger partial charge in [0.15, 0.2) is 0 Å². The SMILES string of the molecule is CCCCCCCCC1CN([O-])CCO1. The first-order valence-electron chi connectivity index (χ1n) is 6.36. The van der Waals surface area contributed by atoms with Crippen molar-refractivity contribution < 1.29 is 4.74 Å². The fraction of sp³-hybridized carbons (Fsp3) is 1.00. The van der Waals surface area contributed by atoms with Gasteiger partial charge in [0.2, 0.25) is 0 Å². The third-order valence-electron chi connectivity index (χ3n) is 2.98. The van der Waals surface area contributed by atoms with Crippen LogP contribution in [0.3, 0.4) is 0 Å². The molecule has 0 aromatic heterocycles. The van der Waals surface area contributed by atoms with Crippen molar-refractivity contribution in [2.75, 3.05) is 19.7 Å². The predicted molar refractivity (Wildman–Crippen MR) is 62.7 cm³/mol. The van der Waals surface area contributed by atoms with Gasteiger partial charge in [0.1, 0.15) is 0 Å². The van der Waals surface area contributed by atoms with Crippen LogP contribution in [0.25, 0.3) is 0 Å². The van der Waals surface area contributed by atoms with Crippen molar-refractivity contribution in [2.45, 2.75) is 58.0 Å². The Morgan fingerprint density at radius 2 is 1.93 bits per heavy atom. The third kappa shape index (κ3) is 6.13. The van der Waals surface area contributed by atoms with E-state index in [-0.39, 0.29) is 6.10 Å². The highest BCUT2D eigenvalue weighted by Crippen LogP contribution is 2.13. The lowest BCUT2D eigenvalue weighted by atomic mass is 10.1. The van der Waals surface area contributed by atoms with E-state index in [1.54, 1.807) is 0 Å². The normalized spacial score (nSPS) is 23.2. The number of hydrogen-bond donors (Lipinski definition) is 0. The van der Waals surface area contributed by atoms with Crippen LogP contribution in [-0.4, -0.2) is 30.9 Å². The number of ether oxygens (including phenoxy) is 1. The first-order valence-corrected chi connectivity index (χ1v) is 6.36. The average molecular weight is 214 g/mol. The van der Waals surface area contributed by atoms with Gasteiger partial charge in [0.25, 0.3) is 0 Å². The van der Waals surface area contributed by atoms with Crippen LogP contribution in [0.4, 0.5) is 0 Å². The monoisotopic (exact) mass is 214 g/mol. The molecule has 0 radical (unpaired) electrons. The van der Waals surface area contributed by atoms with Gasteiger partial charge in [-0.15, -0.1) is 0 Å². The molecule has 0 N–H and O–H groups in total. The van der Waals surface area contributed by atoms with E-state index in [1.165, 1.54) is 38.5 Å². The molecule has 90 valence electrons. The van der Waals surface area contributed by atoms with Crippen molar-refractivity contribution in [2.24, 2.45) is 0 Å². The Morgan fingerprint density at radius 1 is 1.20 bits per heavy atom. The molecule has 1 fully saturated rings. The molecule has 1 heterocycles.